The minimum Gasteiger partial charge on any atom is -0.488 e. The fourth-order valence-corrected chi connectivity index (χ4v) is 3.25. The van der Waals surface area contributed by atoms with E-state index in [1.807, 2.05) is 36.4 Å². The van der Waals surface area contributed by atoms with Crippen LogP contribution in [0.5, 0.6) is 5.75 Å². The average molecular weight is 362 g/mol. The Balaban J connectivity index is 1.35. The Morgan fingerprint density at radius 2 is 1.81 bits per heavy atom. The van der Waals surface area contributed by atoms with Gasteiger partial charge < -0.3 is 14.2 Å². The summed E-state index contributed by atoms with van der Waals surface area (Å²) in [6.45, 7) is 1.53. The fourth-order valence-electron chi connectivity index (χ4n) is 3.25. The molecule has 0 spiro atoms. The average Bonchev–Trinajstić information content (AvgIpc) is 3.24. The Morgan fingerprint density at radius 1 is 1.00 bits per heavy atom. The molecule has 3 aromatic rings. The van der Waals surface area contributed by atoms with Gasteiger partial charge in [0, 0.05) is 12.0 Å². The number of carbonyl (C=O) groups excluding carboxylic acids is 1. The van der Waals surface area contributed by atoms with E-state index in [9.17, 15) is 4.79 Å². The largest absolute Gasteiger partial charge is 0.488 e. The van der Waals surface area contributed by atoms with E-state index in [0.717, 1.165) is 41.5 Å². The molecule has 1 saturated heterocycles. The van der Waals surface area contributed by atoms with Crippen LogP contribution in [-0.4, -0.2) is 25.3 Å². The molecule has 0 radical (unpaired) electrons. The molecule has 4 heteroatoms. The third kappa shape index (κ3) is 4.29. The highest BCUT2D eigenvalue weighted by molar-refractivity contribution is 5.89. The molecule has 4 rings (SSSR count). The minimum absolute atomic E-state index is 0.0438. The molecule has 1 heterocycles. The van der Waals surface area contributed by atoms with E-state index in [2.05, 4.69) is 18.2 Å². The summed E-state index contributed by atoms with van der Waals surface area (Å²) in [4.78, 5) is 12.1. The van der Waals surface area contributed by atoms with Crippen molar-refractivity contribution >= 4 is 16.7 Å². The topological polar surface area (TPSA) is 44.8 Å². The summed E-state index contributed by atoms with van der Waals surface area (Å²) in [6, 6.07) is 21.5. The molecule has 0 aromatic heterocycles. The van der Waals surface area contributed by atoms with Gasteiger partial charge in [0.1, 0.15) is 19.0 Å². The standard InChI is InChI=1S/C23H22O4/c24-23(27-16-20-7-4-14-25-20)19-12-10-17(11-13-19)15-26-22-9-3-6-18-5-1-2-8-21(18)22/h1-3,5-6,8-13,20H,4,7,14-16H2/t20-/m0/s1. The Kier molecular flexibility index (Phi) is 5.35. The van der Waals surface area contributed by atoms with Gasteiger partial charge in [-0.2, -0.15) is 0 Å². The predicted molar refractivity (Wildman–Crippen MR) is 104 cm³/mol. The molecule has 27 heavy (non-hydrogen) atoms. The van der Waals surface area contributed by atoms with Crippen molar-refractivity contribution in [2.45, 2.75) is 25.6 Å². The number of esters is 1. The van der Waals surface area contributed by atoms with Crippen molar-refractivity contribution in [1.29, 1.82) is 0 Å². The van der Waals surface area contributed by atoms with E-state index in [0.29, 0.717) is 18.8 Å². The van der Waals surface area contributed by atoms with E-state index < -0.39 is 0 Å². The van der Waals surface area contributed by atoms with Crippen molar-refractivity contribution in [2.75, 3.05) is 13.2 Å². The van der Waals surface area contributed by atoms with E-state index in [4.69, 9.17) is 14.2 Å². The molecule has 0 bridgehead atoms. The first-order chi connectivity index (χ1) is 13.3. The molecule has 138 valence electrons. The van der Waals surface area contributed by atoms with E-state index in [-0.39, 0.29) is 12.1 Å². The third-order valence-electron chi connectivity index (χ3n) is 4.76. The zero-order chi connectivity index (χ0) is 18.5. The van der Waals surface area contributed by atoms with Crippen LogP contribution < -0.4 is 4.74 Å². The van der Waals surface area contributed by atoms with Crippen molar-refractivity contribution < 1.29 is 19.0 Å². The van der Waals surface area contributed by atoms with Crippen LogP contribution in [0.25, 0.3) is 10.8 Å². The van der Waals surface area contributed by atoms with Gasteiger partial charge in [-0.3, -0.25) is 0 Å². The number of benzene rings is 3. The van der Waals surface area contributed by atoms with Crippen molar-refractivity contribution in [1.82, 2.24) is 0 Å². The van der Waals surface area contributed by atoms with Crippen molar-refractivity contribution in [3.63, 3.8) is 0 Å². The zero-order valence-electron chi connectivity index (χ0n) is 15.1. The van der Waals surface area contributed by atoms with Gasteiger partial charge in [-0.1, -0.05) is 48.5 Å². The first kappa shape index (κ1) is 17.6. The van der Waals surface area contributed by atoms with Crippen LogP contribution >= 0.6 is 0 Å². The van der Waals surface area contributed by atoms with Gasteiger partial charge in [0.05, 0.1) is 11.7 Å². The number of carbonyl (C=O) groups is 1. The molecule has 1 atom stereocenters. The molecule has 3 aromatic carbocycles. The van der Waals surface area contributed by atoms with Gasteiger partial charge in [-0.15, -0.1) is 0 Å². The van der Waals surface area contributed by atoms with Crippen molar-refractivity contribution in [3.05, 3.63) is 77.9 Å². The Labute approximate surface area is 158 Å². The molecule has 0 unspecified atom stereocenters. The summed E-state index contributed by atoms with van der Waals surface area (Å²) in [5.74, 6) is 0.542. The number of fused-ring (bicyclic) bond motifs is 1. The van der Waals surface area contributed by atoms with Crippen LogP contribution in [-0.2, 0) is 16.1 Å². The highest BCUT2D eigenvalue weighted by atomic mass is 16.6. The van der Waals surface area contributed by atoms with Gasteiger partial charge >= 0.3 is 5.97 Å². The van der Waals surface area contributed by atoms with Crippen LogP contribution in [0.2, 0.25) is 0 Å². The second-order valence-corrected chi connectivity index (χ2v) is 6.70. The lowest BCUT2D eigenvalue weighted by Crippen LogP contribution is -2.17. The van der Waals surface area contributed by atoms with E-state index in [1.54, 1.807) is 12.1 Å². The first-order valence-electron chi connectivity index (χ1n) is 9.28. The minimum atomic E-state index is -0.313. The second-order valence-electron chi connectivity index (χ2n) is 6.70. The van der Waals surface area contributed by atoms with Crippen LogP contribution in [0.1, 0.15) is 28.8 Å². The van der Waals surface area contributed by atoms with Gasteiger partial charge in [-0.25, -0.2) is 4.79 Å². The highest BCUT2D eigenvalue weighted by Gasteiger charge is 2.18. The molecule has 4 nitrogen and oxygen atoms in total. The zero-order valence-corrected chi connectivity index (χ0v) is 15.1. The normalized spacial score (nSPS) is 16.4. The second kappa shape index (κ2) is 8.23. The third-order valence-corrected chi connectivity index (χ3v) is 4.76. The fraction of sp³-hybridized carbons (Fsp3) is 0.261. The number of rotatable bonds is 6. The van der Waals surface area contributed by atoms with Crippen LogP contribution in [0.4, 0.5) is 0 Å². The highest BCUT2D eigenvalue weighted by Crippen LogP contribution is 2.26. The van der Waals surface area contributed by atoms with Gasteiger partial charge in [-0.05, 0) is 42.0 Å². The molecule has 1 fully saturated rings. The molecule has 0 aliphatic carbocycles. The maximum Gasteiger partial charge on any atom is 0.338 e. The van der Waals surface area contributed by atoms with Crippen LogP contribution in [0.15, 0.2) is 66.7 Å². The van der Waals surface area contributed by atoms with Gasteiger partial charge in [0.2, 0.25) is 0 Å². The summed E-state index contributed by atoms with van der Waals surface area (Å²) < 4.78 is 16.8. The molecular weight excluding hydrogens is 340 g/mol. The van der Waals surface area contributed by atoms with Gasteiger partial charge in [0.15, 0.2) is 0 Å². The molecular formula is C23H22O4. The first-order valence-corrected chi connectivity index (χ1v) is 9.28. The molecule has 0 amide bonds. The maximum absolute atomic E-state index is 12.1. The van der Waals surface area contributed by atoms with Crippen LogP contribution in [0.3, 0.4) is 0 Å². The molecule has 0 N–H and O–H groups in total. The lowest BCUT2D eigenvalue weighted by molar-refractivity contribution is 0.0161. The Hall–Kier alpha value is -2.85. The maximum atomic E-state index is 12.1. The van der Waals surface area contributed by atoms with Crippen molar-refractivity contribution in [2.24, 2.45) is 0 Å². The summed E-state index contributed by atoms with van der Waals surface area (Å²) in [6.07, 6.45) is 2.04. The van der Waals surface area contributed by atoms with Gasteiger partial charge in [0.25, 0.3) is 0 Å². The predicted octanol–water partition coefficient (Wildman–Crippen LogP) is 4.75. The molecule has 0 saturated carbocycles. The lowest BCUT2D eigenvalue weighted by Gasteiger charge is -2.11. The smallest absolute Gasteiger partial charge is 0.338 e. The van der Waals surface area contributed by atoms with E-state index in [1.165, 1.54) is 0 Å². The quantitative estimate of drug-likeness (QED) is 0.593. The summed E-state index contributed by atoms with van der Waals surface area (Å²) in [5.41, 5.74) is 1.54. The van der Waals surface area contributed by atoms with E-state index >= 15 is 0 Å². The Morgan fingerprint density at radius 3 is 2.63 bits per heavy atom. The monoisotopic (exact) mass is 362 g/mol. The lowest BCUT2D eigenvalue weighted by atomic mass is 10.1. The summed E-state index contributed by atoms with van der Waals surface area (Å²) in [5, 5.41) is 2.24. The summed E-state index contributed by atoms with van der Waals surface area (Å²) in [7, 11) is 0. The number of ether oxygens (including phenoxy) is 3. The van der Waals surface area contributed by atoms with Crippen LogP contribution in [0, 0.1) is 0 Å². The number of hydrogen-bond donors (Lipinski definition) is 0. The molecule has 1 aliphatic heterocycles. The van der Waals surface area contributed by atoms with Crippen molar-refractivity contribution in [3.8, 4) is 5.75 Å². The molecule has 1 aliphatic rings. The summed E-state index contributed by atoms with van der Waals surface area (Å²) >= 11 is 0. The SMILES string of the molecule is O=C(OC[C@@H]1CCCO1)c1ccc(COc2cccc3ccccc23)cc1. The Bertz CT molecular complexity index is 906. The number of hydrogen-bond acceptors (Lipinski definition) is 4.